The minimum atomic E-state index is -0.121. The summed E-state index contributed by atoms with van der Waals surface area (Å²) in [5, 5.41) is 4.04. The van der Waals surface area contributed by atoms with Crippen LogP contribution in [0.1, 0.15) is 49.8 Å². The first-order chi connectivity index (χ1) is 14.1. The Labute approximate surface area is 187 Å². The van der Waals surface area contributed by atoms with Crippen LogP contribution in [0.3, 0.4) is 0 Å². The molecule has 0 unspecified atom stereocenters. The van der Waals surface area contributed by atoms with Crippen molar-refractivity contribution in [2.24, 2.45) is 4.99 Å². The maximum atomic E-state index is 12.5. The van der Waals surface area contributed by atoms with Gasteiger partial charge in [0.15, 0.2) is 5.17 Å². The average Bonchev–Trinajstić information content (AvgIpc) is 2.99. The highest BCUT2D eigenvalue weighted by atomic mass is 35.5. The van der Waals surface area contributed by atoms with Gasteiger partial charge in [0.1, 0.15) is 0 Å². The number of hydrogen-bond donors (Lipinski definition) is 1. The largest absolute Gasteiger partial charge is 0.369 e. The fourth-order valence-corrected chi connectivity index (χ4v) is 5.19. The summed E-state index contributed by atoms with van der Waals surface area (Å²) >= 11 is 7.39. The van der Waals surface area contributed by atoms with Crippen molar-refractivity contribution in [3.8, 4) is 0 Å². The number of aryl methyl sites for hydroxylation is 1. The highest BCUT2D eigenvalue weighted by molar-refractivity contribution is 8.18. The Balaban J connectivity index is 1.66. The second kappa shape index (κ2) is 7.78. The average molecular weight is 440 g/mol. The number of thioether (sulfide) groups is 1. The van der Waals surface area contributed by atoms with Crippen molar-refractivity contribution in [3.05, 3.63) is 63.0 Å². The number of anilines is 1. The second-order valence-corrected chi connectivity index (χ2v) is 10.2. The van der Waals surface area contributed by atoms with E-state index in [0.717, 1.165) is 23.2 Å². The molecule has 0 bridgehead atoms. The lowest BCUT2D eigenvalue weighted by molar-refractivity contribution is -0.115. The van der Waals surface area contributed by atoms with Crippen LogP contribution in [0.25, 0.3) is 6.08 Å². The first-order valence-electron chi connectivity index (χ1n) is 10.1. The van der Waals surface area contributed by atoms with Crippen molar-refractivity contribution < 1.29 is 4.79 Å². The van der Waals surface area contributed by atoms with Crippen LogP contribution < -0.4 is 10.2 Å². The fraction of sp³-hybridized carbons (Fsp3) is 0.333. The first-order valence-corrected chi connectivity index (χ1v) is 11.3. The molecule has 2 aliphatic heterocycles. The summed E-state index contributed by atoms with van der Waals surface area (Å²) in [7, 11) is 2.17. The molecule has 0 radical (unpaired) electrons. The number of amidine groups is 1. The van der Waals surface area contributed by atoms with Crippen LogP contribution in [0.5, 0.6) is 0 Å². The third-order valence-electron chi connectivity index (χ3n) is 6.00. The zero-order valence-electron chi connectivity index (χ0n) is 17.9. The number of nitrogens with one attached hydrogen (secondary N) is 1. The summed E-state index contributed by atoms with van der Waals surface area (Å²) in [6.45, 7) is 8.97. The van der Waals surface area contributed by atoms with E-state index in [0.29, 0.717) is 21.0 Å². The number of hydrogen-bond acceptors (Lipinski definition) is 4. The first kappa shape index (κ1) is 21.0. The second-order valence-electron chi connectivity index (χ2n) is 8.71. The van der Waals surface area contributed by atoms with Gasteiger partial charge in [0.2, 0.25) is 0 Å². The van der Waals surface area contributed by atoms with Crippen molar-refractivity contribution in [2.45, 2.75) is 45.6 Å². The molecule has 2 aromatic carbocycles. The predicted molar refractivity (Wildman–Crippen MR) is 129 cm³/mol. The Hall–Kier alpha value is -2.24. The molecule has 0 spiro atoms. The van der Waals surface area contributed by atoms with E-state index in [1.165, 1.54) is 23.0 Å². The topological polar surface area (TPSA) is 44.7 Å². The molecule has 0 aromatic heterocycles. The summed E-state index contributed by atoms with van der Waals surface area (Å²) in [5.41, 5.74) is 5.71. The van der Waals surface area contributed by atoms with Crippen LogP contribution in [-0.4, -0.2) is 23.7 Å². The number of halogens is 1. The highest BCUT2D eigenvalue weighted by Crippen LogP contribution is 2.44. The van der Waals surface area contributed by atoms with Crippen molar-refractivity contribution in [1.29, 1.82) is 0 Å². The van der Waals surface area contributed by atoms with Crippen LogP contribution in [0.4, 0.5) is 11.4 Å². The Morgan fingerprint density at radius 2 is 2.07 bits per heavy atom. The lowest BCUT2D eigenvalue weighted by Gasteiger charge is -2.45. The molecular weight excluding hydrogens is 414 g/mol. The molecule has 1 saturated heterocycles. The molecule has 6 heteroatoms. The molecule has 30 heavy (non-hydrogen) atoms. The van der Waals surface area contributed by atoms with Crippen LogP contribution in [0.2, 0.25) is 5.02 Å². The minimum absolute atomic E-state index is 0.121. The Kier molecular flexibility index (Phi) is 5.45. The van der Waals surface area contributed by atoms with Crippen molar-refractivity contribution in [1.82, 2.24) is 5.32 Å². The Morgan fingerprint density at radius 1 is 1.30 bits per heavy atom. The van der Waals surface area contributed by atoms with E-state index in [-0.39, 0.29) is 11.4 Å². The summed E-state index contributed by atoms with van der Waals surface area (Å²) in [6, 6.07) is 11.8. The van der Waals surface area contributed by atoms with Crippen molar-refractivity contribution in [2.75, 3.05) is 11.9 Å². The van der Waals surface area contributed by atoms with E-state index in [4.69, 9.17) is 11.6 Å². The zero-order chi connectivity index (χ0) is 21.6. The standard InChI is InChI=1S/C24H26ClN3OS/c1-14-9-20-19(15(2)13-24(3,4)28(20)5)10-16(14)11-21-22(29)27-23(30-21)26-18-8-6-7-17(25)12-18/h6-12,15H,13H2,1-5H3,(H,26,27,29)/b21-11-/t15-/m0/s1. The number of rotatable bonds is 2. The van der Waals surface area contributed by atoms with Gasteiger partial charge in [-0.1, -0.05) is 24.6 Å². The van der Waals surface area contributed by atoms with Gasteiger partial charge in [-0.15, -0.1) is 0 Å². The molecule has 4 rings (SSSR count). The van der Waals surface area contributed by atoms with Gasteiger partial charge in [-0.25, -0.2) is 4.99 Å². The summed E-state index contributed by atoms with van der Waals surface area (Å²) in [4.78, 5) is 20.1. The number of aliphatic imine (C=N–C) groups is 1. The van der Waals surface area contributed by atoms with Crippen LogP contribution in [-0.2, 0) is 4.79 Å². The van der Waals surface area contributed by atoms with Gasteiger partial charge in [-0.05, 0) is 98.0 Å². The van der Waals surface area contributed by atoms with Crippen LogP contribution in [0, 0.1) is 6.92 Å². The van der Waals surface area contributed by atoms with Crippen molar-refractivity contribution >= 4 is 51.9 Å². The molecule has 2 aromatic rings. The molecule has 1 N–H and O–H groups in total. The zero-order valence-corrected chi connectivity index (χ0v) is 19.5. The lowest BCUT2D eigenvalue weighted by atomic mass is 9.79. The number of amides is 1. The van der Waals surface area contributed by atoms with Crippen molar-refractivity contribution in [3.63, 3.8) is 0 Å². The normalized spacial score (nSPS) is 23.1. The maximum absolute atomic E-state index is 12.5. The SMILES string of the molecule is Cc1cc2c(cc1/C=C1\SC(=Nc3cccc(Cl)c3)NC1=O)[C@@H](C)CC(C)(C)N2C. The maximum Gasteiger partial charge on any atom is 0.264 e. The number of carbonyl (C=O) groups excluding carboxylic acids is 1. The van der Waals surface area contributed by atoms with E-state index < -0.39 is 0 Å². The highest BCUT2D eigenvalue weighted by Gasteiger charge is 2.34. The van der Waals surface area contributed by atoms with Gasteiger partial charge in [-0.2, -0.15) is 0 Å². The molecule has 156 valence electrons. The van der Waals surface area contributed by atoms with Gasteiger partial charge in [0, 0.05) is 23.3 Å². The van der Waals surface area contributed by atoms with Crippen LogP contribution in [0.15, 0.2) is 46.3 Å². The molecule has 1 atom stereocenters. The molecular formula is C24H26ClN3OS. The van der Waals surface area contributed by atoms with E-state index >= 15 is 0 Å². The number of nitrogens with zero attached hydrogens (tertiary/aromatic N) is 2. The predicted octanol–water partition coefficient (Wildman–Crippen LogP) is 6.26. The number of benzene rings is 2. The Morgan fingerprint density at radius 3 is 2.80 bits per heavy atom. The van der Waals surface area contributed by atoms with Gasteiger partial charge in [-0.3, -0.25) is 4.79 Å². The van der Waals surface area contributed by atoms with Crippen LogP contribution >= 0.6 is 23.4 Å². The molecule has 4 nitrogen and oxygen atoms in total. The number of carbonyl (C=O) groups is 1. The van der Waals surface area contributed by atoms with Gasteiger partial charge in [0.25, 0.3) is 5.91 Å². The molecule has 2 heterocycles. The monoisotopic (exact) mass is 439 g/mol. The lowest BCUT2D eigenvalue weighted by Crippen LogP contribution is -2.45. The van der Waals surface area contributed by atoms with E-state index in [9.17, 15) is 4.79 Å². The summed E-state index contributed by atoms with van der Waals surface area (Å²) < 4.78 is 0. The third kappa shape index (κ3) is 4.01. The summed E-state index contributed by atoms with van der Waals surface area (Å²) in [5.74, 6) is 0.346. The van der Waals surface area contributed by atoms with Gasteiger partial charge >= 0.3 is 0 Å². The smallest absolute Gasteiger partial charge is 0.264 e. The summed E-state index contributed by atoms with van der Waals surface area (Å²) in [6.07, 6.45) is 3.07. The molecule has 0 saturated carbocycles. The van der Waals surface area contributed by atoms with E-state index in [1.54, 1.807) is 12.1 Å². The molecule has 1 fully saturated rings. The van der Waals surface area contributed by atoms with Gasteiger partial charge < -0.3 is 10.2 Å². The van der Waals surface area contributed by atoms with Gasteiger partial charge in [0.05, 0.1) is 10.6 Å². The fourth-order valence-electron chi connectivity index (χ4n) is 4.17. The molecule has 1 amide bonds. The number of fused-ring (bicyclic) bond motifs is 1. The third-order valence-corrected chi connectivity index (χ3v) is 7.14. The molecule has 0 aliphatic carbocycles. The minimum Gasteiger partial charge on any atom is -0.369 e. The van der Waals surface area contributed by atoms with E-state index in [1.807, 2.05) is 18.2 Å². The van der Waals surface area contributed by atoms with E-state index in [2.05, 4.69) is 62.1 Å². The molecule has 2 aliphatic rings. The Bertz CT molecular complexity index is 1090. The quantitative estimate of drug-likeness (QED) is 0.561.